The van der Waals surface area contributed by atoms with Crippen LogP contribution in [0.5, 0.6) is 5.75 Å². The van der Waals surface area contributed by atoms with Gasteiger partial charge >= 0.3 is 5.97 Å². The molecule has 0 amide bonds. The second kappa shape index (κ2) is 7.72. The van der Waals surface area contributed by atoms with Gasteiger partial charge in [-0.3, -0.25) is 0 Å². The number of carboxylic acids is 1. The van der Waals surface area contributed by atoms with E-state index in [1.54, 1.807) is 0 Å². The Labute approximate surface area is 147 Å². The second-order valence-electron chi connectivity index (χ2n) is 6.52. The molecule has 2 aliphatic rings. The van der Waals surface area contributed by atoms with E-state index in [0.29, 0.717) is 32.4 Å². The van der Waals surface area contributed by atoms with E-state index in [9.17, 15) is 13.2 Å². The molecule has 0 bridgehead atoms. The first kappa shape index (κ1) is 18.2. The van der Waals surface area contributed by atoms with Crippen LogP contribution in [0.2, 0.25) is 0 Å². The third kappa shape index (κ3) is 4.71. The molecular formula is C17H23NO6S. The van der Waals surface area contributed by atoms with E-state index in [1.165, 1.54) is 0 Å². The molecule has 2 heterocycles. The number of hydrogen-bond acceptors (Lipinski definition) is 5. The van der Waals surface area contributed by atoms with Gasteiger partial charge in [-0.25, -0.2) is 17.9 Å². The summed E-state index contributed by atoms with van der Waals surface area (Å²) in [6.07, 6.45) is 0.916. The number of aliphatic carboxylic acids is 1. The number of rotatable bonds is 6. The number of ether oxygens (including phenoxy) is 2. The summed E-state index contributed by atoms with van der Waals surface area (Å²) in [6.45, 7) is 0.868. The van der Waals surface area contributed by atoms with E-state index in [2.05, 4.69) is 4.72 Å². The number of nitrogens with one attached hydrogen (secondary N) is 1. The van der Waals surface area contributed by atoms with Crippen molar-refractivity contribution < 1.29 is 27.8 Å². The van der Waals surface area contributed by atoms with Gasteiger partial charge in [-0.05, 0) is 37.3 Å². The highest BCUT2D eigenvalue weighted by molar-refractivity contribution is 7.89. The molecule has 25 heavy (non-hydrogen) atoms. The fraction of sp³-hybridized carbons (Fsp3) is 0.588. The maximum absolute atomic E-state index is 12.4. The molecule has 0 spiro atoms. The number of carbonyl (C=O) groups is 1. The molecule has 3 rings (SSSR count). The lowest BCUT2D eigenvalue weighted by atomic mass is 9.93. The van der Waals surface area contributed by atoms with Crippen LogP contribution in [0.15, 0.2) is 24.3 Å². The lowest BCUT2D eigenvalue weighted by Gasteiger charge is -2.28. The Morgan fingerprint density at radius 3 is 2.84 bits per heavy atom. The molecule has 0 radical (unpaired) electrons. The average Bonchev–Trinajstić information content (AvgIpc) is 2.60. The van der Waals surface area contributed by atoms with Gasteiger partial charge in [-0.1, -0.05) is 18.2 Å². The van der Waals surface area contributed by atoms with Crippen LogP contribution in [0.25, 0.3) is 0 Å². The number of carboxylic acid groups (broad SMARTS) is 1. The Kier molecular flexibility index (Phi) is 5.61. The Hall–Kier alpha value is -1.64. The average molecular weight is 369 g/mol. The molecule has 3 atom stereocenters. The number of fused-ring (bicyclic) bond motifs is 1. The molecule has 8 heteroatoms. The Morgan fingerprint density at radius 2 is 2.04 bits per heavy atom. The van der Waals surface area contributed by atoms with Crippen molar-refractivity contribution in [3.8, 4) is 5.75 Å². The molecule has 7 nitrogen and oxygen atoms in total. The van der Waals surface area contributed by atoms with Crippen molar-refractivity contribution in [2.24, 2.45) is 0 Å². The molecule has 0 aliphatic carbocycles. The summed E-state index contributed by atoms with van der Waals surface area (Å²) in [5.41, 5.74) is 1.01. The predicted octanol–water partition coefficient (Wildman–Crippen LogP) is 1.49. The predicted molar refractivity (Wildman–Crippen MR) is 91.2 cm³/mol. The van der Waals surface area contributed by atoms with Crippen LogP contribution >= 0.6 is 0 Å². The summed E-state index contributed by atoms with van der Waals surface area (Å²) < 4.78 is 38.4. The molecule has 2 N–H and O–H groups in total. The third-order valence-electron chi connectivity index (χ3n) is 4.66. The topological polar surface area (TPSA) is 102 Å². The maximum Gasteiger partial charge on any atom is 0.332 e. The van der Waals surface area contributed by atoms with Crippen molar-refractivity contribution in [3.05, 3.63) is 29.8 Å². The van der Waals surface area contributed by atoms with Crippen LogP contribution in [-0.4, -0.2) is 50.6 Å². The van der Waals surface area contributed by atoms with Crippen molar-refractivity contribution in [1.82, 2.24) is 4.72 Å². The van der Waals surface area contributed by atoms with Crippen LogP contribution in [0, 0.1) is 0 Å². The van der Waals surface area contributed by atoms with Gasteiger partial charge < -0.3 is 14.6 Å². The second-order valence-corrected chi connectivity index (χ2v) is 8.37. The molecule has 1 unspecified atom stereocenters. The Balaban J connectivity index is 1.57. The fourth-order valence-electron chi connectivity index (χ4n) is 3.36. The standard InChI is InChI=1S/C17H23NO6S/c19-17(20)16-7-3-4-13(24-16)11-25(21,22)18-10-12-8-9-23-15-6-2-1-5-14(12)15/h1-2,5-6,12-13,16,18H,3-4,7-11H2,(H,19,20)/t12?,13-,16-/m0/s1. The number of para-hydroxylation sites is 1. The van der Waals surface area contributed by atoms with Crippen LogP contribution in [0.4, 0.5) is 0 Å². The van der Waals surface area contributed by atoms with Gasteiger partial charge in [-0.15, -0.1) is 0 Å². The van der Waals surface area contributed by atoms with E-state index >= 15 is 0 Å². The van der Waals surface area contributed by atoms with E-state index in [1.807, 2.05) is 24.3 Å². The highest BCUT2D eigenvalue weighted by atomic mass is 32.2. The van der Waals surface area contributed by atoms with Crippen molar-refractivity contribution >= 4 is 16.0 Å². The molecule has 0 aromatic heterocycles. The minimum absolute atomic E-state index is 0.0683. The van der Waals surface area contributed by atoms with Crippen molar-refractivity contribution in [2.45, 2.75) is 43.8 Å². The van der Waals surface area contributed by atoms with E-state index in [-0.39, 0.29) is 11.7 Å². The monoisotopic (exact) mass is 369 g/mol. The highest BCUT2D eigenvalue weighted by Gasteiger charge is 2.31. The number of sulfonamides is 1. The van der Waals surface area contributed by atoms with Crippen LogP contribution in [0.3, 0.4) is 0 Å². The number of hydrogen-bond donors (Lipinski definition) is 2. The van der Waals surface area contributed by atoms with Gasteiger partial charge in [0.15, 0.2) is 6.10 Å². The van der Waals surface area contributed by atoms with Gasteiger partial charge in [0.1, 0.15) is 5.75 Å². The van der Waals surface area contributed by atoms with Gasteiger partial charge in [0.25, 0.3) is 0 Å². The first-order valence-corrected chi connectivity index (χ1v) is 10.2. The Bertz CT molecular complexity index is 720. The molecule has 1 aromatic rings. The van der Waals surface area contributed by atoms with Gasteiger partial charge in [0.2, 0.25) is 10.0 Å². The minimum Gasteiger partial charge on any atom is -0.493 e. The maximum atomic E-state index is 12.4. The Morgan fingerprint density at radius 1 is 1.24 bits per heavy atom. The summed E-state index contributed by atoms with van der Waals surface area (Å²) in [5.74, 6) is -0.368. The highest BCUT2D eigenvalue weighted by Crippen LogP contribution is 2.32. The molecule has 1 aromatic carbocycles. The zero-order chi connectivity index (χ0) is 17.9. The first-order valence-electron chi connectivity index (χ1n) is 8.52. The zero-order valence-corrected chi connectivity index (χ0v) is 14.7. The fourth-order valence-corrected chi connectivity index (χ4v) is 4.67. The minimum atomic E-state index is -3.54. The third-order valence-corrected chi connectivity index (χ3v) is 6.08. The normalized spacial score (nSPS) is 26.5. The summed E-state index contributed by atoms with van der Waals surface area (Å²) in [6, 6.07) is 7.65. The van der Waals surface area contributed by atoms with Crippen molar-refractivity contribution in [2.75, 3.05) is 18.9 Å². The largest absolute Gasteiger partial charge is 0.493 e. The van der Waals surface area contributed by atoms with Gasteiger partial charge in [0.05, 0.1) is 18.5 Å². The van der Waals surface area contributed by atoms with Crippen molar-refractivity contribution in [1.29, 1.82) is 0 Å². The quantitative estimate of drug-likeness (QED) is 0.788. The molecule has 2 aliphatic heterocycles. The molecular weight excluding hydrogens is 346 g/mol. The molecule has 138 valence electrons. The molecule has 1 saturated heterocycles. The van der Waals surface area contributed by atoms with Crippen LogP contribution in [0.1, 0.15) is 37.2 Å². The summed E-state index contributed by atoms with van der Waals surface area (Å²) in [4.78, 5) is 11.0. The smallest absolute Gasteiger partial charge is 0.332 e. The van der Waals surface area contributed by atoms with E-state index < -0.39 is 28.2 Å². The van der Waals surface area contributed by atoms with E-state index in [0.717, 1.165) is 17.7 Å². The molecule has 1 fully saturated rings. The lowest BCUT2D eigenvalue weighted by Crippen LogP contribution is -2.41. The zero-order valence-electron chi connectivity index (χ0n) is 13.9. The lowest BCUT2D eigenvalue weighted by molar-refractivity contribution is -0.157. The first-order chi connectivity index (χ1) is 11.9. The van der Waals surface area contributed by atoms with Crippen molar-refractivity contribution in [3.63, 3.8) is 0 Å². The van der Waals surface area contributed by atoms with Crippen LogP contribution < -0.4 is 9.46 Å². The summed E-state index contributed by atoms with van der Waals surface area (Å²) in [7, 11) is -3.54. The van der Waals surface area contributed by atoms with E-state index in [4.69, 9.17) is 14.6 Å². The van der Waals surface area contributed by atoms with Gasteiger partial charge in [0, 0.05) is 12.5 Å². The summed E-state index contributed by atoms with van der Waals surface area (Å²) in [5, 5.41) is 9.02. The number of benzene rings is 1. The summed E-state index contributed by atoms with van der Waals surface area (Å²) >= 11 is 0. The van der Waals surface area contributed by atoms with Crippen LogP contribution in [-0.2, 0) is 19.6 Å². The molecule has 0 saturated carbocycles. The SMILES string of the molecule is O=C(O)[C@@H]1CCC[C@@H](CS(=O)(=O)NCC2CCOc3ccccc32)O1. The van der Waals surface area contributed by atoms with Gasteiger partial charge in [-0.2, -0.15) is 0 Å².